The van der Waals surface area contributed by atoms with Crippen LogP contribution >= 0.6 is 36.2 Å². The lowest BCUT2D eigenvalue weighted by Crippen LogP contribution is -2.43. The number of carbonyl (C=O) groups is 1. The number of hydrogen-bond donors (Lipinski definition) is 2. The van der Waals surface area contributed by atoms with Crippen LogP contribution in [0.15, 0.2) is 24.3 Å². The topological polar surface area (TPSA) is 68.0 Å². The Balaban J connectivity index is 0.00000180. The fraction of sp³-hybridized carbons (Fsp3) is 0.385. The Kier molecular flexibility index (Phi) is 8.05. The number of nitrogens with one attached hydrogen (secondary N) is 1. The van der Waals surface area contributed by atoms with E-state index in [0.29, 0.717) is 0 Å². The summed E-state index contributed by atoms with van der Waals surface area (Å²) in [6.07, 6.45) is 0.734. The maximum absolute atomic E-state index is 11.5. The molecule has 20 heavy (non-hydrogen) atoms. The number of thiazole rings is 1. The van der Waals surface area contributed by atoms with Crippen LogP contribution in [0.3, 0.4) is 0 Å². The van der Waals surface area contributed by atoms with Crippen LogP contribution in [-0.2, 0) is 11.2 Å². The number of benzene rings is 1. The third kappa shape index (κ3) is 4.90. The van der Waals surface area contributed by atoms with Crippen molar-refractivity contribution in [3.63, 3.8) is 0 Å². The van der Waals surface area contributed by atoms with Gasteiger partial charge in [0.05, 0.1) is 21.3 Å². The van der Waals surface area contributed by atoms with Gasteiger partial charge in [-0.05, 0) is 26.0 Å². The lowest BCUT2D eigenvalue weighted by molar-refractivity contribution is -0.122. The van der Waals surface area contributed by atoms with Crippen molar-refractivity contribution in [2.45, 2.75) is 32.4 Å². The van der Waals surface area contributed by atoms with E-state index in [9.17, 15) is 4.79 Å². The van der Waals surface area contributed by atoms with Gasteiger partial charge < -0.3 is 11.1 Å². The predicted molar refractivity (Wildman–Crippen MR) is 89.1 cm³/mol. The van der Waals surface area contributed by atoms with E-state index in [0.717, 1.165) is 16.9 Å². The number of nitrogens with two attached hydrogens (primary N) is 1. The van der Waals surface area contributed by atoms with Gasteiger partial charge in [-0.1, -0.05) is 12.1 Å². The fourth-order valence-electron chi connectivity index (χ4n) is 1.69. The van der Waals surface area contributed by atoms with Crippen molar-refractivity contribution >= 4 is 52.3 Å². The minimum atomic E-state index is -0.470. The zero-order valence-electron chi connectivity index (χ0n) is 11.3. The molecular weight excluding hydrogens is 317 g/mol. The smallest absolute Gasteiger partial charge is 0.236 e. The number of hydrogen-bond acceptors (Lipinski definition) is 4. The molecule has 4 nitrogen and oxygen atoms in total. The first-order chi connectivity index (χ1) is 8.56. The van der Waals surface area contributed by atoms with Crippen molar-refractivity contribution < 1.29 is 4.79 Å². The van der Waals surface area contributed by atoms with Gasteiger partial charge >= 0.3 is 0 Å². The van der Waals surface area contributed by atoms with Crippen LogP contribution in [0, 0.1) is 0 Å². The monoisotopic (exact) mass is 335 g/mol. The van der Waals surface area contributed by atoms with Crippen LogP contribution in [0.25, 0.3) is 10.2 Å². The predicted octanol–water partition coefficient (Wildman–Crippen LogP) is 2.53. The molecule has 0 saturated heterocycles. The second-order valence-electron chi connectivity index (χ2n) is 4.48. The van der Waals surface area contributed by atoms with E-state index in [1.165, 1.54) is 4.70 Å². The molecule has 112 valence electrons. The van der Waals surface area contributed by atoms with E-state index in [2.05, 4.69) is 16.4 Å². The van der Waals surface area contributed by atoms with Crippen molar-refractivity contribution in [3.05, 3.63) is 29.3 Å². The third-order valence-corrected chi connectivity index (χ3v) is 3.68. The Morgan fingerprint density at radius 3 is 2.60 bits per heavy atom. The number of para-hydroxylation sites is 1. The molecule has 2 atom stereocenters. The van der Waals surface area contributed by atoms with Gasteiger partial charge in [-0.25, -0.2) is 4.98 Å². The molecule has 1 unspecified atom stereocenters. The molecule has 0 radical (unpaired) electrons. The largest absolute Gasteiger partial charge is 0.352 e. The minimum absolute atomic E-state index is 0. The molecule has 1 aromatic carbocycles. The number of rotatable bonds is 4. The van der Waals surface area contributed by atoms with E-state index >= 15 is 0 Å². The van der Waals surface area contributed by atoms with Gasteiger partial charge in [0.2, 0.25) is 5.91 Å². The molecule has 0 spiro atoms. The average molecular weight is 336 g/mol. The summed E-state index contributed by atoms with van der Waals surface area (Å²) in [7, 11) is 0. The molecule has 3 N–H and O–H groups in total. The van der Waals surface area contributed by atoms with Crippen LogP contribution in [0.5, 0.6) is 0 Å². The van der Waals surface area contributed by atoms with Crippen LogP contribution in [0.1, 0.15) is 18.9 Å². The maximum atomic E-state index is 11.5. The summed E-state index contributed by atoms with van der Waals surface area (Å²) in [6.45, 7) is 3.64. The first kappa shape index (κ1) is 19.1. The van der Waals surface area contributed by atoms with Crippen molar-refractivity contribution in [1.82, 2.24) is 10.3 Å². The molecule has 0 aliphatic carbocycles. The number of nitrogens with zero attached hydrogens (tertiary/aromatic N) is 1. The van der Waals surface area contributed by atoms with E-state index in [-0.39, 0.29) is 36.8 Å². The van der Waals surface area contributed by atoms with Gasteiger partial charge in [0.15, 0.2) is 0 Å². The van der Waals surface area contributed by atoms with Gasteiger partial charge in [0.25, 0.3) is 0 Å². The Hall–Kier alpha value is -0.880. The number of carbonyl (C=O) groups excluding carboxylic acids is 1. The molecular formula is C13H19Cl2N3OS. The van der Waals surface area contributed by atoms with E-state index < -0.39 is 6.04 Å². The third-order valence-electron chi connectivity index (χ3n) is 2.62. The van der Waals surface area contributed by atoms with E-state index in [1.807, 2.05) is 25.1 Å². The zero-order valence-corrected chi connectivity index (χ0v) is 13.8. The molecule has 0 fully saturated rings. The highest BCUT2D eigenvalue weighted by atomic mass is 35.5. The SMILES string of the molecule is CC(Cc1nc2ccccc2s1)NC(=O)[C@@H](C)N.Cl.Cl. The molecule has 1 amide bonds. The van der Waals surface area contributed by atoms with Crippen molar-refractivity contribution in [2.24, 2.45) is 5.73 Å². The Morgan fingerprint density at radius 2 is 2.00 bits per heavy atom. The van der Waals surface area contributed by atoms with E-state index in [1.54, 1.807) is 18.3 Å². The van der Waals surface area contributed by atoms with Gasteiger partial charge in [-0.3, -0.25) is 4.79 Å². The average Bonchev–Trinajstić information content (AvgIpc) is 2.70. The second-order valence-corrected chi connectivity index (χ2v) is 5.59. The van der Waals surface area contributed by atoms with Crippen molar-refractivity contribution in [2.75, 3.05) is 0 Å². The van der Waals surface area contributed by atoms with Gasteiger partial charge in [0, 0.05) is 12.5 Å². The number of halogens is 2. The molecule has 1 aromatic heterocycles. The fourth-order valence-corrected chi connectivity index (χ4v) is 2.79. The highest BCUT2D eigenvalue weighted by Crippen LogP contribution is 2.22. The van der Waals surface area contributed by atoms with Crippen LogP contribution in [-0.4, -0.2) is 23.0 Å². The minimum Gasteiger partial charge on any atom is -0.352 e. The lowest BCUT2D eigenvalue weighted by atomic mass is 10.2. The summed E-state index contributed by atoms with van der Waals surface area (Å²) in [5.41, 5.74) is 6.53. The Bertz CT molecular complexity index is 526. The van der Waals surface area contributed by atoms with Crippen LogP contribution < -0.4 is 11.1 Å². The number of amides is 1. The van der Waals surface area contributed by atoms with Gasteiger partial charge in [-0.15, -0.1) is 36.2 Å². The summed E-state index contributed by atoms with van der Waals surface area (Å²) >= 11 is 1.67. The standard InChI is InChI=1S/C13H17N3OS.2ClH/c1-8(15-13(17)9(2)14)7-12-16-10-5-3-4-6-11(10)18-12;;/h3-6,8-9H,7,14H2,1-2H3,(H,15,17);2*1H/t8?,9-;;/m1../s1. The molecule has 0 aliphatic rings. The number of fused-ring (bicyclic) bond motifs is 1. The first-order valence-electron chi connectivity index (χ1n) is 5.96. The van der Waals surface area contributed by atoms with Crippen molar-refractivity contribution in [1.29, 1.82) is 0 Å². The summed E-state index contributed by atoms with van der Waals surface area (Å²) in [6, 6.07) is 7.62. The Morgan fingerprint density at radius 1 is 1.35 bits per heavy atom. The molecule has 1 heterocycles. The molecule has 2 aromatic rings. The summed E-state index contributed by atoms with van der Waals surface area (Å²) in [5, 5.41) is 3.91. The molecule has 7 heteroatoms. The van der Waals surface area contributed by atoms with Crippen molar-refractivity contribution in [3.8, 4) is 0 Å². The number of aromatic nitrogens is 1. The molecule has 0 aliphatic heterocycles. The second kappa shape index (κ2) is 8.42. The quantitative estimate of drug-likeness (QED) is 0.902. The van der Waals surface area contributed by atoms with Gasteiger partial charge in [0.1, 0.15) is 0 Å². The first-order valence-corrected chi connectivity index (χ1v) is 6.78. The van der Waals surface area contributed by atoms with Gasteiger partial charge in [-0.2, -0.15) is 0 Å². The van der Waals surface area contributed by atoms with Crippen LogP contribution in [0.2, 0.25) is 0 Å². The molecule has 2 rings (SSSR count). The highest BCUT2D eigenvalue weighted by Gasteiger charge is 2.13. The van der Waals surface area contributed by atoms with Crippen LogP contribution in [0.4, 0.5) is 0 Å². The lowest BCUT2D eigenvalue weighted by Gasteiger charge is -2.13. The molecule has 0 saturated carbocycles. The highest BCUT2D eigenvalue weighted by molar-refractivity contribution is 7.18. The van der Waals surface area contributed by atoms with E-state index in [4.69, 9.17) is 5.73 Å². The summed E-state index contributed by atoms with van der Waals surface area (Å²) < 4.78 is 1.18. The maximum Gasteiger partial charge on any atom is 0.236 e. The molecule has 0 bridgehead atoms. The summed E-state index contributed by atoms with van der Waals surface area (Å²) in [4.78, 5) is 16.0. The Labute approximate surface area is 135 Å². The summed E-state index contributed by atoms with van der Waals surface area (Å²) in [5.74, 6) is -0.122. The normalized spacial score (nSPS) is 12.9. The zero-order chi connectivity index (χ0) is 13.1.